The van der Waals surface area contributed by atoms with E-state index >= 15 is 0 Å². The Morgan fingerprint density at radius 1 is 1.10 bits per heavy atom. The molecule has 0 unspecified atom stereocenters. The molecule has 21 heavy (non-hydrogen) atoms. The van der Waals surface area contributed by atoms with Crippen LogP contribution in [0.25, 0.3) is 0 Å². The van der Waals surface area contributed by atoms with Crippen LogP contribution in [0.3, 0.4) is 0 Å². The number of halogens is 3. The van der Waals surface area contributed by atoms with Crippen LogP contribution in [0.4, 0.5) is 13.2 Å². The van der Waals surface area contributed by atoms with Crippen LogP contribution in [0.2, 0.25) is 0 Å². The molecule has 0 aromatic heterocycles. The quantitative estimate of drug-likeness (QED) is 0.752. The van der Waals surface area contributed by atoms with Crippen molar-refractivity contribution in [2.45, 2.75) is 57.4 Å². The second-order valence-corrected chi connectivity index (χ2v) is 6.83. The maximum absolute atomic E-state index is 13.1. The highest BCUT2D eigenvalue weighted by molar-refractivity contribution is 4.99. The van der Waals surface area contributed by atoms with Crippen LogP contribution >= 0.6 is 0 Å². The molecule has 2 fully saturated rings. The Morgan fingerprint density at radius 3 is 2.05 bits per heavy atom. The average molecular weight is 309 g/mol. The van der Waals surface area contributed by atoms with Gasteiger partial charge in [0.25, 0.3) is 0 Å². The van der Waals surface area contributed by atoms with Crippen molar-refractivity contribution in [3.05, 3.63) is 0 Å². The fourth-order valence-corrected chi connectivity index (χ4v) is 3.02. The molecule has 0 amide bonds. The summed E-state index contributed by atoms with van der Waals surface area (Å²) >= 11 is 0. The van der Waals surface area contributed by atoms with Crippen LogP contribution in [0.15, 0.2) is 0 Å². The molecule has 0 aromatic carbocycles. The topological polar surface area (TPSA) is 21.7 Å². The molecule has 3 nitrogen and oxygen atoms in total. The Balaban J connectivity index is 1.84. The maximum atomic E-state index is 13.1. The first-order chi connectivity index (χ1) is 9.72. The predicted molar refractivity (Wildman–Crippen MR) is 74.2 cm³/mol. The minimum atomic E-state index is -4.29. The number of hydrogen-bond donors (Lipinski definition) is 0. The summed E-state index contributed by atoms with van der Waals surface area (Å²) in [6, 6.07) is 0. The molecule has 0 spiro atoms. The highest BCUT2D eigenvalue weighted by Crippen LogP contribution is 2.48. The van der Waals surface area contributed by atoms with Crippen LogP contribution in [-0.4, -0.2) is 56.1 Å². The predicted octanol–water partition coefficient (Wildman–Crippen LogP) is 3.23. The number of hydrogen-bond acceptors (Lipinski definition) is 3. The normalized spacial score (nSPS) is 25.3. The van der Waals surface area contributed by atoms with Crippen molar-refractivity contribution in [3.63, 3.8) is 0 Å². The van der Waals surface area contributed by atoms with Crippen molar-refractivity contribution < 1.29 is 22.6 Å². The van der Waals surface area contributed by atoms with Crippen molar-refractivity contribution in [2.24, 2.45) is 5.41 Å². The van der Waals surface area contributed by atoms with E-state index in [1.165, 1.54) is 7.11 Å². The van der Waals surface area contributed by atoms with Gasteiger partial charge in [-0.1, -0.05) is 0 Å². The lowest BCUT2D eigenvalue weighted by Crippen LogP contribution is -2.55. The summed E-state index contributed by atoms with van der Waals surface area (Å²) in [5.41, 5.74) is -1.77. The highest BCUT2D eigenvalue weighted by Gasteiger charge is 2.57. The monoisotopic (exact) mass is 309 g/mol. The summed E-state index contributed by atoms with van der Waals surface area (Å²) in [6.45, 7) is 6.46. The lowest BCUT2D eigenvalue weighted by Gasteiger charge is -2.42. The zero-order chi connectivity index (χ0) is 15.7. The molecule has 2 aliphatic rings. The molecule has 0 bridgehead atoms. The number of methoxy groups -OCH3 is 1. The number of likely N-dealkylation sites (tertiary alicyclic amines) is 1. The van der Waals surface area contributed by atoms with Crippen LogP contribution in [-0.2, 0) is 9.47 Å². The second-order valence-electron chi connectivity index (χ2n) is 6.83. The smallest absolute Gasteiger partial charge is 0.378 e. The van der Waals surface area contributed by atoms with E-state index < -0.39 is 11.8 Å². The Bertz CT molecular complexity index is 345. The van der Waals surface area contributed by atoms with Gasteiger partial charge in [-0.15, -0.1) is 0 Å². The van der Waals surface area contributed by atoms with Gasteiger partial charge in [0.1, 0.15) is 0 Å². The van der Waals surface area contributed by atoms with Crippen LogP contribution < -0.4 is 0 Å². The van der Waals surface area contributed by atoms with Gasteiger partial charge in [-0.3, -0.25) is 0 Å². The van der Waals surface area contributed by atoms with E-state index in [0.29, 0.717) is 13.1 Å². The Kier molecular flexibility index (Phi) is 4.90. The Morgan fingerprint density at radius 2 is 1.67 bits per heavy atom. The van der Waals surface area contributed by atoms with Gasteiger partial charge in [-0.05, 0) is 39.5 Å². The fourth-order valence-electron chi connectivity index (χ4n) is 3.02. The molecule has 1 aliphatic carbocycles. The summed E-state index contributed by atoms with van der Waals surface area (Å²) in [4.78, 5) is 2.14. The van der Waals surface area contributed by atoms with E-state index in [4.69, 9.17) is 9.47 Å². The summed E-state index contributed by atoms with van der Waals surface area (Å²) in [5, 5.41) is 0. The first-order valence-electron chi connectivity index (χ1n) is 7.68. The molecular weight excluding hydrogens is 283 g/mol. The molecule has 124 valence electrons. The third-order valence-electron chi connectivity index (χ3n) is 4.81. The van der Waals surface area contributed by atoms with Gasteiger partial charge in [0, 0.05) is 32.2 Å². The average Bonchev–Trinajstić information content (AvgIpc) is 3.16. The maximum Gasteiger partial charge on any atom is 0.417 e. The molecule has 0 aromatic rings. The van der Waals surface area contributed by atoms with E-state index in [9.17, 15) is 13.2 Å². The van der Waals surface area contributed by atoms with E-state index in [-0.39, 0.29) is 24.4 Å². The van der Waals surface area contributed by atoms with E-state index in [2.05, 4.69) is 4.90 Å². The zero-order valence-electron chi connectivity index (χ0n) is 13.1. The lowest BCUT2D eigenvalue weighted by molar-refractivity contribution is -0.282. The SMILES string of the molecule is COC1(C(F)(F)F)CCN(CC2(COC(C)C)CC2)CC1. The van der Waals surface area contributed by atoms with Gasteiger partial charge in [0.15, 0.2) is 5.60 Å². The van der Waals surface area contributed by atoms with Crippen LogP contribution in [0.1, 0.15) is 39.5 Å². The van der Waals surface area contributed by atoms with Crippen LogP contribution in [0.5, 0.6) is 0 Å². The third kappa shape index (κ3) is 3.90. The number of piperidine rings is 1. The molecule has 0 N–H and O–H groups in total. The van der Waals surface area contributed by atoms with Crippen molar-refractivity contribution in [3.8, 4) is 0 Å². The van der Waals surface area contributed by atoms with Gasteiger partial charge in [0.2, 0.25) is 0 Å². The largest absolute Gasteiger partial charge is 0.417 e. The molecule has 2 rings (SSSR count). The Hall–Kier alpha value is -0.330. The third-order valence-corrected chi connectivity index (χ3v) is 4.81. The molecule has 1 heterocycles. The standard InChI is InChI=1S/C15H26F3NO2/c1-12(2)21-11-13(4-5-13)10-19-8-6-14(20-3,7-9-19)15(16,17)18/h12H,4-11H2,1-3H3. The van der Waals surface area contributed by atoms with Crippen molar-refractivity contribution >= 4 is 0 Å². The van der Waals surface area contributed by atoms with Gasteiger partial charge < -0.3 is 14.4 Å². The highest BCUT2D eigenvalue weighted by atomic mass is 19.4. The number of nitrogens with zero attached hydrogens (tertiary/aromatic N) is 1. The van der Waals surface area contributed by atoms with Crippen molar-refractivity contribution in [1.29, 1.82) is 0 Å². The number of alkyl halides is 3. The molecular formula is C15H26F3NO2. The fraction of sp³-hybridized carbons (Fsp3) is 1.00. The van der Waals surface area contributed by atoms with Gasteiger partial charge >= 0.3 is 6.18 Å². The minimum absolute atomic E-state index is 0.0219. The van der Waals surface area contributed by atoms with E-state index in [0.717, 1.165) is 26.0 Å². The molecule has 1 saturated heterocycles. The molecule has 6 heteroatoms. The number of rotatable bonds is 6. The number of ether oxygens (including phenoxy) is 2. The van der Waals surface area contributed by atoms with Crippen LogP contribution in [0, 0.1) is 5.41 Å². The van der Waals surface area contributed by atoms with E-state index in [1.54, 1.807) is 0 Å². The zero-order valence-corrected chi connectivity index (χ0v) is 13.1. The summed E-state index contributed by atoms with van der Waals surface area (Å²) in [7, 11) is 1.17. The Labute approximate surface area is 124 Å². The first kappa shape index (κ1) is 17.0. The van der Waals surface area contributed by atoms with Gasteiger partial charge in [0.05, 0.1) is 12.7 Å². The molecule has 0 radical (unpaired) electrons. The lowest BCUT2D eigenvalue weighted by atomic mass is 9.89. The minimum Gasteiger partial charge on any atom is -0.378 e. The summed E-state index contributed by atoms with van der Waals surface area (Å²) in [5.74, 6) is 0. The van der Waals surface area contributed by atoms with Crippen molar-refractivity contribution in [1.82, 2.24) is 4.90 Å². The summed E-state index contributed by atoms with van der Waals surface area (Å²) in [6.07, 6.45) is -1.81. The second kappa shape index (κ2) is 6.05. The first-order valence-corrected chi connectivity index (χ1v) is 7.68. The van der Waals surface area contributed by atoms with Crippen molar-refractivity contribution in [2.75, 3.05) is 33.4 Å². The van der Waals surface area contributed by atoms with E-state index in [1.807, 2.05) is 13.8 Å². The van der Waals surface area contributed by atoms with Gasteiger partial charge in [-0.25, -0.2) is 0 Å². The summed E-state index contributed by atoms with van der Waals surface area (Å²) < 4.78 is 49.9. The molecule has 0 atom stereocenters. The van der Waals surface area contributed by atoms with Gasteiger partial charge in [-0.2, -0.15) is 13.2 Å². The molecule has 1 aliphatic heterocycles. The molecule has 1 saturated carbocycles.